The quantitative estimate of drug-likeness (QED) is 0.794. The van der Waals surface area contributed by atoms with E-state index in [-0.39, 0.29) is 17.6 Å². The highest BCUT2D eigenvalue weighted by Crippen LogP contribution is 2.46. The number of carbonyl (C=O) groups excluding carboxylic acids is 1. The number of carbonyl (C=O) groups is 2. The first-order valence-corrected chi connectivity index (χ1v) is 6.97. The Morgan fingerprint density at radius 2 is 1.95 bits per heavy atom. The van der Waals surface area contributed by atoms with Crippen LogP contribution >= 0.6 is 0 Å². The van der Waals surface area contributed by atoms with E-state index in [2.05, 4.69) is 0 Å². The van der Waals surface area contributed by atoms with E-state index in [1.807, 2.05) is 20.8 Å². The molecule has 2 aliphatic rings. The molecule has 2 fully saturated rings. The normalized spacial score (nSPS) is 25.8. The fourth-order valence-electron chi connectivity index (χ4n) is 3.06. The number of aliphatic carboxylic acids is 1. The summed E-state index contributed by atoms with van der Waals surface area (Å²) in [6, 6.07) is 0. The van der Waals surface area contributed by atoms with Crippen molar-refractivity contribution in [1.82, 2.24) is 4.90 Å². The van der Waals surface area contributed by atoms with Crippen molar-refractivity contribution in [2.45, 2.75) is 64.0 Å². The molecule has 1 spiro atoms. The van der Waals surface area contributed by atoms with Gasteiger partial charge in [-0.15, -0.1) is 0 Å². The Kier molecular flexibility index (Phi) is 3.49. The standard InChI is InChI=1S/C14H23NO4/c1-13(2,3)19-12(18)15-8-5-10(11(16)17)9-14(15)6-4-7-14/h10H,4-9H2,1-3H3,(H,16,17). The van der Waals surface area contributed by atoms with Crippen LogP contribution in [0, 0.1) is 5.92 Å². The van der Waals surface area contributed by atoms with Crippen LogP contribution in [-0.2, 0) is 9.53 Å². The second-order valence-electron chi connectivity index (χ2n) is 6.74. The van der Waals surface area contributed by atoms with Crippen molar-refractivity contribution in [3.05, 3.63) is 0 Å². The van der Waals surface area contributed by atoms with Gasteiger partial charge < -0.3 is 14.7 Å². The summed E-state index contributed by atoms with van der Waals surface area (Å²) in [6.45, 7) is 6.04. The van der Waals surface area contributed by atoms with E-state index in [1.165, 1.54) is 0 Å². The Morgan fingerprint density at radius 3 is 2.37 bits per heavy atom. The highest BCUT2D eigenvalue weighted by atomic mass is 16.6. The number of likely N-dealkylation sites (tertiary alicyclic amines) is 1. The van der Waals surface area contributed by atoms with Gasteiger partial charge in [0.25, 0.3) is 0 Å². The first-order chi connectivity index (χ1) is 8.73. The van der Waals surface area contributed by atoms with Gasteiger partial charge in [0.2, 0.25) is 0 Å². The molecule has 0 aromatic rings. The van der Waals surface area contributed by atoms with Gasteiger partial charge in [0.05, 0.1) is 5.92 Å². The zero-order chi connectivity index (χ0) is 14.3. The SMILES string of the molecule is CC(C)(C)OC(=O)N1CCC(C(=O)O)CC12CCC2. The largest absolute Gasteiger partial charge is 0.481 e. The van der Waals surface area contributed by atoms with Crippen molar-refractivity contribution in [2.24, 2.45) is 5.92 Å². The first kappa shape index (κ1) is 14.2. The Balaban J connectivity index is 2.09. The maximum absolute atomic E-state index is 12.3. The van der Waals surface area contributed by atoms with Crippen LogP contribution in [0.2, 0.25) is 0 Å². The maximum atomic E-state index is 12.3. The van der Waals surface area contributed by atoms with Crippen LogP contribution in [0.3, 0.4) is 0 Å². The van der Waals surface area contributed by atoms with Crippen molar-refractivity contribution in [1.29, 1.82) is 0 Å². The van der Waals surface area contributed by atoms with E-state index in [0.29, 0.717) is 19.4 Å². The fraction of sp³-hybridized carbons (Fsp3) is 0.857. The molecular formula is C14H23NO4. The summed E-state index contributed by atoms with van der Waals surface area (Å²) in [5, 5.41) is 9.17. The molecule has 1 aliphatic heterocycles. The number of carboxylic acid groups (broad SMARTS) is 1. The van der Waals surface area contributed by atoms with Gasteiger partial charge in [-0.3, -0.25) is 4.79 Å². The zero-order valence-electron chi connectivity index (χ0n) is 11.9. The summed E-state index contributed by atoms with van der Waals surface area (Å²) < 4.78 is 5.44. The number of piperidine rings is 1. The predicted octanol–water partition coefficient (Wildman–Crippen LogP) is 2.64. The van der Waals surface area contributed by atoms with Crippen LogP contribution in [-0.4, -0.2) is 39.8 Å². The van der Waals surface area contributed by atoms with Crippen molar-refractivity contribution in [3.63, 3.8) is 0 Å². The van der Waals surface area contributed by atoms with E-state index < -0.39 is 11.6 Å². The molecule has 1 amide bonds. The van der Waals surface area contributed by atoms with Crippen molar-refractivity contribution >= 4 is 12.1 Å². The lowest BCUT2D eigenvalue weighted by atomic mass is 9.67. The lowest BCUT2D eigenvalue weighted by molar-refractivity contribution is -0.147. The molecular weight excluding hydrogens is 246 g/mol. The molecule has 0 bridgehead atoms. The maximum Gasteiger partial charge on any atom is 0.410 e. The summed E-state index contributed by atoms with van der Waals surface area (Å²) in [4.78, 5) is 25.2. The molecule has 1 aliphatic carbocycles. The average molecular weight is 269 g/mol. The van der Waals surface area contributed by atoms with Crippen molar-refractivity contribution in [2.75, 3.05) is 6.54 Å². The lowest BCUT2D eigenvalue weighted by Crippen LogP contribution is -2.61. The fourth-order valence-corrected chi connectivity index (χ4v) is 3.06. The average Bonchev–Trinajstić information content (AvgIpc) is 2.23. The Bertz CT molecular complexity index is 381. The predicted molar refractivity (Wildman–Crippen MR) is 69.9 cm³/mol. The van der Waals surface area contributed by atoms with E-state index in [9.17, 15) is 9.59 Å². The number of hydrogen-bond donors (Lipinski definition) is 1. The number of carboxylic acids is 1. The molecule has 1 N–H and O–H groups in total. The van der Waals surface area contributed by atoms with Gasteiger partial charge >= 0.3 is 12.1 Å². The van der Waals surface area contributed by atoms with E-state index >= 15 is 0 Å². The van der Waals surface area contributed by atoms with Gasteiger partial charge in [-0.1, -0.05) is 0 Å². The van der Waals surface area contributed by atoms with Gasteiger partial charge in [0.1, 0.15) is 5.60 Å². The minimum absolute atomic E-state index is 0.260. The zero-order valence-corrected chi connectivity index (χ0v) is 11.9. The van der Waals surface area contributed by atoms with Crippen LogP contribution in [0.1, 0.15) is 52.9 Å². The third-order valence-electron chi connectivity index (χ3n) is 4.15. The number of rotatable bonds is 1. The second-order valence-corrected chi connectivity index (χ2v) is 6.74. The monoisotopic (exact) mass is 269 g/mol. The molecule has 5 nitrogen and oxygen atoms in total. The van der Waals surface area contributed by atoms with Gasteiger partial charge in [-0.25, -0.2) is 4.79 Å². The molecule has 2 rings (SSSR count). The lowest BCUT2D eigenvalue weighted by Gasteiger charge is -2.54. The third kappa shape index (κ3) is 2.85. The molecule has 5 heteroatoms. The minimum atomic E-state index is -0.741. The summed E-state index contributed by atoms with van der Waals surface area (Å²) in [6.07, 6.45) is 3.66. The summed E-state index contributed by atoms with van der Waals surface area (Å²) in [5.74, 6) is -1.06. The molecule has 1 saturated carbocycles. The van der Waals surface area contributed by atoms with Crippen LogP contribution < -0.4 is 0 Å². The second kappa shape index (κ2) is 4.69. The Hall–Kier alpha value is -1.26. The summed E-state index contributed by atoms with van der Waals surface area (Å²) in [7, 11) is 0. The smallest absolute Gasteiger partial charge is 0.410 e. The number of nitrogens with zero attached hydrogens (tertiary/aromatic N) is 1. The minimum Gasteiger partial charge on any atom is -0.481 e. The molecule has 1 unspecified atom stereocenters. The molecule has 1 saturated heterocycles. The van der Waals surface area contributed by atoms with E-state index in [0.717, 1.165) is 19.3 Å². The van der Waals surface area contributed by atoms with Crippen LogP contribution in [0.5, 0.6) is 0 Å². The van der Waals surface area contributed by atoms with Gasteiger partial charge in [-0.05, 0) is 52.9 Å². The number of amides is 1. The Morgan fingerprint density at radius 1 is 1.32 bits per heavy atom. The van der Waals surface area contributed by atoms with Crippen molar-refractivity contribution < 1.29 is 19.4 Å². The van der Waals surface area contributed by atoms with Crippen LogP contribution in [0.15, 0.2) is 0 Å². The summed E-state index contributed by atoms with van der Waals surface area (Å²) >= 11 is 0. The first-order valence-electron chi connectivity index (χ1n) is 6.97. The molecule has 1 heterocycles. The Labute approximate surface area is 113 Å². The topological polar surface area (TPSA) is 66.8 Å². The molecule has 0 aromatic heterocycles. The van der Waals surface area contributed by atoms with Crippen molar-refractivity contribution in [3.8, 4) is 0 Å². The molecule has 0 radical (unpaired) electrons. The number of ether oxygens (including phenoxy) is 1. The highest BCUT2D eigenvalue weighted by Gasteiger charge is 2.51. The number of hydrogen-bond acceptors (Lipinski definition) is 3. The van der Waals surface area contributed by atoms with Crippen LogP contribution in [0.4, 0.5) is 4.79 Å². The van der Waals surface area contributed by atoms with Gasteiger partial charge in [-0.2, -0.15) is 0 Å². The van der Waals surface area contributed by atoms with Gasteiger partial charge in [0, 0.05) is 12.1 Å². The van der Waals surface area contributed by atoms with E-state index in [4.69, 9.17) is 9.84 Å². The van der Waals surface area contributed by atoms with Crippen LogP contribution in [0.25, 0.3) is 0 Å². The molecule has 0 aromatic carbocycles. The van der Waals surface area contributed by atoms with E-state index in [1.54, 1.807) is 4.90 Å². The summed E-state index contributed by atoms with van der Waals surface area (Å²) in [5.41, 5.74) is -0.769. The molecule has 1 atom stereocenters. The molecule has 108 valence electrons. The highest BCUT2D eigenvalue weighted by molar-refractivity contribution is 5.73. The van der Waals surface area contributed by atoms with Gasteiger partial charge in [0.15, 0.2) is 0 Å². The molecule has 19 heavy (non-hydrogen) atoms. The third-order valence-corrected chi connectivity index (χ3v) is 4.15.